The number of nitrogens with zero attached hydrogens (tertiary/aromatic N) is 4. The van der Waals surface area contributed by atoms with Gasteiger partial charge in [-0.05, 0) is 85.3 Å². The molecule has 50 heavy (non-hydrogen) atoms. The van der Waals surface area contributed by atoms with E-state index in [9.17, 15) is 14.4 Å². The van der Waals surface area contributed by atoms with E-state index < -0.39 is 5.91 Å². The highest BCUT2D eigenvalue weighted by Crippen LogP contribution is 2.34. The molecule has 5 aromatic rings. The number of hydrazine groups is 1. The molecule has 0 saturated carbocycles. The lowest BCUT2D eigenvalue weighted by Crippen LogP contribution is -2.30. The summed E-state index contributed by atoms with van der Waals surface area (Å²) in [5.74, 6) is -0.686. The lowest BCUT2D eigenvalue weighted by molar-refractivity contribution is -0.114. The van der Waals surface area contributed by atoms with Crippen molar-refractivity contribution in [1.29, 1.82) is 0 Å². The second kappa shape index (κ2) is 13.8. The number of rotatable bonds is 8. The standard InChI is InChI=1S/C39H28ClN7O3/c1-24-41-34(23-32-30-11-5-7-13-33(30)42-36(32)25-9-3-2-4-10-25)39(50)47(24)29-21-15-26(16-22-29)38(49)46-45-37(31-12-6-8-14-35(31)48)44-43-28-19-17-27(40)18-20-28/h2-23,42-44H,1H3/b34-23-,37-31+,46-45?. The molecule has 244 valence electrons. The van der Waals surface area contributed by atoms with Gasteiger partial charge in [0.2, 0.25) is 0 Å². The molecule has 3 N–H and O–H groups in total. The minimum atomic E-state index is -0.641. The molecule has 0 radical (unpaired) electrons. The SMILES string of the molecule is CC1=N/C(=C\c2c(-c3ccccc3)[nH]c3ccccc23)C(=O)N1c1ccc(C(=O)N=N/C(NNc2ccc(Cl)cc2)=C2\C=CC=CC2=O)cc1. The Morgan fingerprint density at radius 1 is 0.860 bits per heavy atom. The number of carbonyl (C=O) groups excluding carboxylic acids is 3. The van der Waals surface area contributed by atoms with E-state index in [4.69, 9.17) is 11.6 Å². The summed E-state index contributed by atoms with van der Waals surface area (Å²) in [7, 11) is 0. The zero-order valence-corrected chi connectivity index (χ0v) is 27.3. The summed E-state index contributed by atoms with van der Waals surface area (Å²) in [4.78, 5) is 49.0. The normalized spacial score (nSPS) is 16.1. The third-order valence-electron chi connectivity index (χ3n) is 8.04. The minimum absolute atomic E-state index is 0.0509. The molecule has 1 aliphatic heterocycles. The number of benzene rings is 4. The topological polar surface area (TPSA) is 131 Å². The quantitative estimate of drug-likeness (QED) is 0.0862. The Balaban J connectivity index is 1.11. The maximum atomic E-state index is 13.8. The van der Waals surface area contributed by atoms with Crippen molar-refractivity contribution < 1.29 is 14.4 Å². The molecule has 2 aliphatic rings. The van der Waals surface area contributed by atoms with Gasteiger partial charge in [0.05, 0.1) is 22.6 Å². The monoisotopic (exact) mass is 677 g/mol. The van der Waals surface area contributed by atoms with Crippen LogP contribution in [0.4, 0.5) is 11.4 Å². The fourth-order valence-electron chi connectivity index (χ4n) is 5.59. The number of aromatic amines is 1. The smallest absolute Gasteiger partial charge is 0.295 e. The molecule has 2 heterocycles. The molecule has 1 aromatic heterocycles. The average Bonchev–Trinajstić information content (AvgIpc) is 3.65. The van der Waals surface area contributed by atoms with Gasteiger partial charge in [0.1, 0.15) is 11.5 Å². The molecular weight excluding hydrogens is 650 g/mol. The van der Waals surface area contributed by atoms with E-state index >= 15 is 0 Å². The summed E-state index contributed by atoms with van der Waals surface area (Å²) in [6.07, 6.45) is 8.08. The number of nitrogens with one attached hydrogen (secondary N) is 3. The Kier molecular flexibility index (Phi) is 8.83. The van der Waals surface area contributed by atoms with E-state index in [2.05, 4.69) is 31.1 Å². The number of amides is 2. The Morgan fingerprint density at radius 2 is 1.58 bits per heavy atom. The molecule has 11 heteroatoms. The molecule has 0 saturated heterocycles. The summed E-state index contributed by atoms with van der Waals surface area (Å²) < 4.78 is 0. The zero-order valence-electron chi connectivity index (χ0n) is 26.6. The molecule has 7 rings (SSSR count). The van der Waals surface area contributed by atoms with Crippen LogP contribution in [0.5, 0.6) is 0 Å². The number of aromatic nitrogens is 1. The number of ketones is 1. The van der Waals surface area contributed by atoms with Crippen LogP contribution in [-0.4, -0.2) is 28.4 Å². The number of fused-ring (bicyclic) bond motifs is 1. The maximum Gasteiger partial charge on any atom is 0.295 e. The van der Waals surface area contributed by atoms with Crippen molar-refractivity contribution in [3.8, 4) is 11.3 Å². The van der Waals surface area contributed by atoms with Crippen LogP contribution < -0.4 is 15.8 Å². The minimum Gasteiger partial charge on any atom is -0.354 e. The molecule has 0 bridgehead atoms. The Labute approximate surface area is 291 Å². The van der Waals surface area contributed by atoms with Gasteiger partial charge in [0.25, 0.3) is 11.8 Å². The van der Waals surface area contributed by atoms with Crippen molar-refractivity contribution in [2.75, 3.05) is 10.3 Å². The number of aliphatic imine (C=N–C) groups is 1. The van der Waals surface area contributed by atoms with Gasteiger partial charge in [0.15, 0.2) is 11.6 Å². The second-order valence-electron chi connectivity index (χ2n) is 11.3. The Hall–Kier alpha value is -6.65. The molecule has 1 aliphatic carbocycles. The van der Waals surface area contributed by atoms with E-state index in [1.54, 1.807) is 73.7 Å². The number of anilines is 2. The van der Waals surface area contributed by atoms with E-state index in [-0.39, 0.29) is 28.6 Å². The molecule has 0 fully saturated rings. The van der Waals surface area contributed by atoms with Gasteiger partial charge >= 0.3 is 0 Å². The van der Waals surface area contributed by atoms with Crippen molar-refractivity contribution in [3.63, 3.8) is 0 Å². The largest absolute Gasteiger partial charge is 0.354 e. The van der Waals surface area contributed by atoms with Crippen LogP contribution in [0.15, 0.2) is 160 Å². The van der Waals surface area contributed by atoms with E-state index in [1.807, 2.05) is 60.7 Å². The fraction of sp³-hybridized carbons (Fsp3) is 0.0256. The number of halogens is 1. The van der Waals surface area contributed by atoms with Crippen molar-refractivity contribution in [3.05, 3.63) is 161 Å². The predicted molar refractivity (Wildman–Crippen MR) is 196 cm³/mol. The van der Waals surface area contributed by atoms with Crippen LogP contribution in [0.25, 0.3) is 28.2 Å². The van der Waals surface area contributed by atoms with Crippen LogP contribution >= 0.6 is 11.6 Å². The first-order chi connectivity index (χ1) is 24.4. The fourth-order valence-corrected chi connectivity index (χ4v) is 5.72. The first-order valence-electron chi connectivity index (χ1n) is 15.6. The van der Waals surface area contributed by atoms with Crippen molar-refractivity contribution in [2.24, 2.45) is 15.2 Å². The number of H-pyrrole nitrogens is 1. The molecular formula is C39H28ClN7O3. The van der Waals surface area contributed by atoms with Crippen LogP contribution in [0.3, 0.4) is 0 Å². The van der Waals surface area contributed by atoms with Gasteiger partial charge in [0, 0.05) is 27.1 Å². The van der Waals surface area contributed by atoms with Gasteiger partial charge in [-0.2, -0.15) is 0 Å². The molecule has 4 aromatic carbocycles. The first-order valence-corrected chi connectivity index (χ1v) is 16.0. The third-order valence-corrected chi connectivity index (χ3v) is 8.29. The summed E-state index contributed by atoms with van der Waals surface area (Å²) in [5.41, 5.74) is 11.4. The highest BCUT2D eigenvalue weighted by Gasteiger charge is 2.30. The molecule has 0 atom stereocenters. The predicted octanol–water partition coefficient (Wildman–Crippen LogP) is 8.41. The summed E-state index contributed by atoms with van der Waals surface area (Å²) in [5, 5.41) is 9.50. The summed E-state index contributed by atoms with van der Waals surface area (Å²) in [6.45, 7) is 1.76. The van der Waals surface area contributed by atoms with E-state index in [0.717, 1.165) is 27.7 Å². The van der Waals surface area contributed by atoms with Crippen molar-refractivity contribution >= 4 is 63.4 Å². The highest BCUT2D eigenvalue weighted by atomic mass is 35.5. The summed E-state index contributed by atoms with van der Waals surface area (Å²) >= 11 is 5.97. The molecule has 2 amide bonds. The maximum absolute atomic E-state index is 13.8. The number of hydrogen-bond acceptors (Lipinski definition) is 7. The number of hydrogen-bond donors (Lipinski definition) is 3. The van der Waals surface area contributed by atoms with Gasteiger partial charge < -0.3 is 4.98 Å². The van der Waals surface area contributed by atoms with Crippen LogP contribution in [0.2, 0.25) is 5.02 Å². The van der Waals surface area contributed by atoms with E-state index in [0.29, 0.717) is 27.9 Å². The summed E-state index contributed by atoms with van der Waals surface area (Å²) in [6, 6.07) is 31.2. The number of carbonyl (C=O) groups is 3. The molecule has 10 nitrogen and oxygen atoms in total. The van der Waals surface area contributed by atoms with Crippen LogP contribution in [0, 0.1) is 0 Å². The zero-order chi connectivity index (χ0) is 34.6. The van der Waals surface area contributed by atoms with Crippen molar-refractivity contribution in [1.82, 2.24) is 10.4 Å². The lowest BCUT2D eigenvalue weighted by Gasteiger charge is -2.16. The average molecular weight is 678 g/mol. The number of amidine groups is 1. The Bertz CT molecular complexity index is 2330. The van der Waals surface area contributed by atoms with Gasteiger partial charge in [-0.15, -0.1) is 10.2 Å². The van der Waals surface area contributed by atoms with E-state index in [1.165, 1.54) is 11.0 Å². The third kappa shape index (κ3) is 6.55. The number of para-hydroxylation sites is 1. The van der Waals surface area contributed by atoms with Gasteiger partial charge in [-0.1, -0.05) is 72.3 Å². The second-order valence-corrected chi connectivity index (χ2v) is 11.7. The number of azo groups is 1. The van der Waals surface area contributed by atoms with Gasteiger partial charge in [-0.25, -0.2) is 4.99 Å². The lowest BCUT2D eigenvalue weighted by atomic mass is 10.0. The molecule has 0 unspecified atom stereocenters. The Morgan fingerprint density at radius 3 is 2.34 bits per heavy atom. The van der Waals surface area contributed by atoms with Gasteiger partial charge in [-0.3, -0.25) is 30.1 Å². The number of allylic oxidation sites excluding steroid dienone is 5. The van der Waals surface area contributed by atoms with Crippen LogP contribution in [-0.2, 0) is 9.59 Å². The molecule has 0 spiro atoms. The highest BCUT2D eigenvalue weighted by molar-refractivity contribution is 6.30. The van der Waals surface area contributed by atoms with Crippen LogP contribution in [0.1, 0.15) is 22.8 Å². The first kappa shape index (κ1) is 31.9. The van der Waals surface area contributed by atoms with Crippen molar-refractivity contribution in [2.45, 2.75) is 6.92 Å².